The Balaban J connectivity index is 0. The monoisotopic (exact) mass is 516 g/mol. The van der Waals surface area contributed by atoms with Gasteiger partial charge in [0.1, 0.15) is 0 Å². The topological polar surface area (TPSA) is 69.6 Å². The maximum Gasteiger partial charge on any atom is 0.336 e. The minimum absolute atomic E-state index is 0.0539. The molecule has 0 spiro atoms. The summed E-state index contributed by atoms with van der Waals surface area (Å²) >= 11 is 1.50. The first-order valence-corrected chi connectivity index (χ1v) is 13.6. The van der Waals surface area contributed by atoms with Crippen molar-refractivity contribution < 1.29 is 14.7 Å². The number of nitrogens with zero attached hydrogens (tertiary/aromatic N) is 1. The van der Waals surface area contributed by atoms with Gasteiger partial charge in [-0.1, -0.05) is 85.4 Å². The molecule has 0 aliphatic carbocycles. The van der Waals surface area contributed by atoms with Crippen molar-refractivity contribution in [3.8, 4) is 12.3 Å². The third kappa shape index (κ3) is 12.3. The molecule has 5 nitrogen and oxygen atoms in total. The first-order valence-electron chi connectivity index (χ1n) is 12.7. The van der Waals surface area contributed by atoms with Crippen LogP contribution in [0.5, 0.6) is 0 Å². The molecule has 0 unspecified atom stereocenters. The maximum absolute atomic E-state index is 12.1. The molecule has 0 fully saturated rings. The summed E-state index contributed by atoms with van der Waals surface area (Å²) in [6, 6.07) is 9.51. The fraction of sp³-hybridized carbons (Fsp3) is 0.533. The van der Waals surface area contributed by atoms with E-state index in [-0.39, 0.29) is 16.9 Å². The first-order chi connectivity index (χ1) is 16.9. The molecule has 0 aliphatic heterocycles. The van der Waals surface area contributed by atoms with Crippen molar-refractivity contribution in [3.05, 3.63) is 51.7 Å². The molecule has 2 amide bonds. The van der Waals surface area contributed by atoms with Crippen LogP contribution in [0.15, 0.2) is 35.7 Å². The number of nitrogens with one attached hydrogen (secondary N) is 1. The van der Waals surface area contributed by atoms with Gasteiger partial charge in [-0.25, -0.2) is 9.59 Å². The number of urea groups is 1. The van der Waals surface area contributed by atoms with E-state index >= 15 is 0 Å². The van der Waals surface area contributed by atoms with E-state index in [1.807, 2.05) is 65.8 Å². The molecule has 2 N–H and O–H groups in total. The zero-order valence-electron chi connectivity index (χ0n) is 24.3. The van der Waals surface area contributed by atoms with Gasteiger partial charge in [-0.3, -0.25) is 4.90 Å². The number of anilines is 1. The van der Waals surface area contributed by atoms with Crippen LogP contribution in [0.25, 0.3) is 0 Å². The van der Waals surface area contributed by atoms with Crippen molar-refractivity contribution in [1.82, 2.24) is 5.32 Å². The van der Waals surface area contributed by atoms with Crippen LogP contribution in [0.3, 0.4) is 0 Å². The summed E-state index contributed by atoms with van der Waals surface area (Å²) in [5, 5.41) is 13.0. The van der Waals surface area contributed by atoms with Gasteiger partial charge in [0.2, 0.25) is 0 Å². The van der Waals surface area contributed by atoms with Crippen molar-refractivity contribution in [3.63, 3.8) is 0 Å². The number of carboxylic acids is 1. The first kappa shape index (κ1) is 35.4. The highest BCUT2D eigenvalue weighted by Crippen LogP contribution is 2.29. The van der Waals surface area contributed by atoms with Gasteiger partial charge in [-0.2, -0.15) is 0 Å². The van der Waals surface area contributed by atoms with Crippen LogP contribution < -0.4 is 10.2 Å². The number of carboxylic acid groups (broad SMARTS) is 1. The van der Waals surface area contributed by atoms with Crippen LogP contribution in [0, 0.1) is 24.7 Å². The third-order valence-electron chi connectivity index (χ3n) is 5.05. The Hall–Kier alpha value is -2.78. The Morgan fingerprint density at radius 3 is 1.94 bits per heavy atom. The zero-order chi connectivity index (χ0) is 28.5. The molecule has 2 aromatic rings. The highest BCUT2D eigenvalue weighted by Gasteiger charge is 2.27. The lowest BCUT2D eigenvalue weighted by molar-refractivity contribution is 0.0697. The summed E-state index contributed by atoms with van der Waals surface area (Å²) in [4.78, 5) is 25.5. The number of aromatic carboxylic acids is 1. The molecule has 6 heteroatoms. The normalized spacial score (nSPS) is 11.5. The van der Waals surface area contributed by atoms with Gasteiger partial charge < -0.3 is 10.4 Å². The van der Waals surface area contributed by atoms with Crippen LogP contribution in [-0.2, 0) is 5.41 Å². The number of hydrogen-bond donors (Lipinski definition) is 2. The fourth-order valence-electron chi connectivity index (χ4n) is 3.08. The Morgan fingerprint density at radius 2 is 1.61 bits per heavy atom. The molecule has 1 aromatic heterocycles. The molecule has 1 heterocycles. The molecule has 2 rings (SSSR count). The lowest BCUT2D eigenvalue weighted by Crippen LogP contribution is -2.44. The molecular formula is C30H48N2O3S. The van der Waals surface area contributed by atoms with E-state index in [2.05, 4.69) is 38.9 Å². The van der Waals surface area contributed by atoms with Crippen LogP contribution in [-0.4, -0.2) is 30.7 Å². The fourth-order valence-corrected chi connectivity index (χ4v) is 4.05. The number of thiophene rings is 1. The molecule has 202 valence electrons. The van der Waals surface area contributed by atoms with Crippen molar-refractivity contribution in [2.45, 2.75) is 87.5 Å². The van der Waals surface area contributed by atoms with Crippen LogP contribution in [0.2, 0.25) is 0 Å². The second kappa shape index (κ2) is 17.6. The number of carbonyl (C=O) groups excluding carboxylic acids is 1. The lowest BCUT2D eigenvalue weighted by Gasteiger charge is -2.31. The van der Waals surface area contributed by atoms with Crippen molar-refractivity contribution in [1.29, 1.82) is 0 Å². The molecule has 1 atom stereocenters. The number of benzene rings is 1. The van der Waals surface area contributed by atoms with E-state index in [9.17, 15) is 9.59 Å². The van der Waals surface area contributed by atoms with Crippen molar-refractivity contribution in [2.24, 2.45) is 5.41 Å². The van der Waals surface area contributed by atoms with Gasteiger partial charge >= 0.3 is 12.0 Å². The van der Waals surface area contributed by atoms with Gasteiger partial charge in [0, 0.05) is 35.0 Å². The number of carbonyl (C=O) groups is 2. The summed E-state index contributed by atoms with van der Waals surface area (Å²) in [5.41, 5.74) is 2.17. The van der Waals surface area contributed by atoms with E-state index in [1.54, 1.807) is 23.4 Å². The van der Waals surface area contributed by atoms with E-state index < -0.39 is 5.97 Å². The second-order valence-corrected chi connectivity index (χ2v) is 10.1. The number of rotatable bonds is 6. The summed E-state index contributed by atoms with van der Waals surface area (Å²) in [5.74, 6) is 2.00. The minimum Gasteiger partial charge on any atom is -0.478 e. The van der Waals surface area contributed by atoms with Crippen LogP contribution in [0.1, 0.15) is 96.0 Å². The van der Waals surface area contributed by atoms with Crippen LogP contribution in [0.4, 0.5) is 10.5 Å². The predicted octanol–water partition coefficient (Wildman–Crippen LogP) is 8.38. The standard InChI is InChI=1S/C17H24N2O.C9H12O2S.2C2H6/c1-6-12-17(4,7-2)13-19(16(20)18-5)15-10-8-14(3)9-11-15;1-9(2,3)7-4-6(5-12-7)8(10)11;2*1-2/h2,8-11H,6,12-13H2,1,3-5H3,(H,18,20);4-5H,1-3H3,(H,10,11);2*1-2H3/t17-;;;/m0.../s1. The molecule has 36 heavy (non-hydrogen) atoms. The Bertz CT molecular complexity index is 936. The summed E-state index contributed by atoms with van der Waals surface area (Å²) in [6.45, 7) is 20.9. The lowest BCUT2D eigenvalue weighted by atomic mass is 9.86. The Kier molecular flexibility index (Phi) is 17.3. The highest BCUT2D eigenvalue weighted by molar-refractivity contribution is 7.10. The quantitative estimate of drug-likeness (QED) is 0.379. The summed E-state index contributed by atoms with van der Waals surface area (Å²) in [7, 11) is 1.64. The Labute approximate surface area is 224 Å². The van der Waals surface area contributed by atoms with Crippen molar-refractivity contribution in [2.75, 3.05) is 18.5 Å². The van der Waals surface area contributed by atoms with Crippen LogP contribution >= 0.6 is 11.3 Å². The van der Waals surface area contributed by atoms with E-state index in [0.29, 0.717) is 12.1 Å². The largest absolute Gasteiger partial charge is 0.478 e. The third-order valence-corrected chi connectivity index (χ3v) is 6.40. The molecule has 1 aromatic carbocycles. The second-order valence-electron chi connectivity index (χ2n) is 9.19. The predicted molar refractivity (Wildman–Crippen MR) is 158 cm³/mol. The van der Waals surface area contributed by atoms with Gasteiger partial charge in [-0.05, 0) is 43.9 Å². The highest BCUT2D eigenvalue weighted by atomic mass is 32.1. The van der Waals surface area contributed by atoms with Gasteiger partial charge in [0.15, 0.2) is 0 Å². The van der Waals surface area contributed by atoms with Crippen molar-refractivity contribution >= 4 is 29.0 Å². The number of hydrogen-bond acceptors (Lipinski definition) is 3. The van der Waals surface area contributed by atoms with Gasteiger partial charge in [0.25, 0.3) is 0 Å². The van der Waals surface area contributed by atoms with Gasteiger partial charge in [0.05, 0.1) is 5.56 Å². The molecule has 0 saturated carbocycles. The molecule has 0 bridgehead atoms. The molecule has 0 saturated heterocycles. The number of terminal acetylenes is 1. The molecule has 0 radical (unpaired) electrons. The van der Waals surface area contributed by atoms with E-state index in [1.165, 1.54) is 16.9 Å². The zero-order valence-corrected chi connectivity index (χ0v) is 25.1. The Morgan fingerprint density at radius 1 is 1.08 bits per heavy atom. The van der Waals surface area contributed by atoms with Gasteiger partial charge in [-0.15, -0.1) is 17.8 Å². The number of amides is 2. The molecular weight excluding hydrogens is 468 g/mol. The SMILES string of the molecule is C#C[C@@](C)(CCC)CN(C(=O)NC)c1ccc(C)cc1.CC.CC.CC(C)(C)c1cc(C(=O)O)cs1. The average molecular weight is 517 g/mol. The summed E-state index contributed by atoms with van der Waals surface area (Å²) in [6.07, 6.45) is 7.56. The average Bonchev–Trinajstić information content (AvgIpc) is 3.38. The smallest absolute Gasteiger partial charge is 0.336 e. The summed E-state index contributed by atoms with van der Waals surface area (Å²) < 4.78 is 0. The molecule has 0 aliphatic rings. The number of aryl methyl sites for hydroxylation is 1. The van der Waals surface area contributed by atoms with E-state index in [4.69, 9.17) is 11.5 Å². The van der Waals surface area contributed by atoms with E-state index in [0.717, 1.165) is 23.4 Å². The maximum atomic E-state index is 12.1. The minimum atomic E-state index is -0.846.